The van der Waals surface area contributed by atoms with Crippen LogP contribution in [0.2, 0.25) is 0 Å². The highest BCUT2D eigenvalue weighted by atomic mass is 32.2. The number of hydrogen-bond acceptors (Lipinski definition) is 6. The summed E-state index contributed by atoms with van der Waals surface area (Å²) in [5.41, 5.74) is 0.797. The lowest BCUT2D eigenvalue weighted by atomic mass is 9.98. The van der Waals surface area contributed by atoms with Crippen LogP contribution in [0.1, 0.15) is 23.7 Å². The molecule has 11 heteroatoms. The number of nitrogens with zero attached hydrogens (tertiary/aromatic N) is 1. The van der Waals surface area contributed by atoms with Gasteiger partial charge >= 0.3 is 12.6 Å². The average Bonchev–Trinajstić information content (AvgIpc) is 2.74. The van der Waals surface area contributed by atoms with Gasteiger partial charge in [0.2, 0.25) is 0 Å². The minimum atomic E-state index is -3.42. The number of benzene rings is 2. The largest absolute Gasteiger partial charge is 0.481 e. The molecule has 0 aliphatic heterocycles. The maximum atomic E-state index is 14.6. The summed E-state index contributed by atoms with van der Waals surface area (Å²) < 4.78 is 74.8. The summed E-state index contributed by atoms with van der Waals surface area (Å²) >= 11 is 0. The zero-order valence-electron chi connectivity index (χ0n) is 17.6. The highest BCUT2D eigenvalue weighted by Crippen LogP contribution is 2.40. The first-order valence-corrected chi connectivity index (χ1v) is 11.6. The van der Waals surface area contributed by atoms with Gasteiger partial charge in [-0.25, -0.2) is 22.6 Å². The van der Waals surface area contributed by atoms with Gasteiger partial charge < -0.3 is 14.6 Å². The number of rotatable bonds is 9. The smallest absolute Gasteiger partial charge is 0.387 e. The number of carboxylic acid groups (broad SMARTS) is 1. The number of carbonyl (C=O) groups is 1. The molecule has 1 aromatic heterocycles. The molecule has 7 nitrogen and oxygen atoms in total. The van der Waals surface area contributed by atoms with Crippen LogP contribution in [0.25, 0.3) is 10.9 Å². The SMILES string of the molecule is CCc1nc2c(F)ccc(OCC(=O)O)c2c(OC(F)F)c1Cc1ccc(S(C)(=O)=O)cc1. The third-order valence-electron chi connectivity index (χ3n) is 4.81. The summed E-state index contributed by atoms with van der Waals surface area (Å²) in [4.78, 5) is 15.3. The first-order chi connectivity index (χ1) is 15.5. The highest BCUT2D eigenvalue weighted by molar-refractivity contribution is 7.90. The molecule has 0 amide bonds. The van der Waals surface area contributed by atoms with E-state index in [9.17, 15) is 26.4 Å². The zero-order chi connectivity index (χ0) is 24.3. The number of sulfone groups is 1. The Balaban J connectivity index is 2.23. The molecule has 3 aromatic rings. The number of pyridine rings is 1. The van der Waals surface area contributed by atoms with E-state index in [1.807, 2.05) is 0 Å². The molecule has 0 saturated heterocycles. The van der Waals surface area contributed by atoms with Gasteiger partial charge in [0.1, 0.15) is 22.8 Å². The lowest BCUT2D eigenvalue weighted by Crippen LogP contribution is -2.13. The fourth-order valence-corrected chi connectivity index (χ4v) is 4.00. The van der Waals surface area contributed by atoms with Crippen molar-refractivity contribution >= 4 is 26.7 Å². The van der Waals surface area contributed by atoms with Crippen molar-refractivity contribution in [3.63, 3.8) is 0 Å². The molecule has 0 aliphatic carbocycles. The predicted molar refractivity (Wildman–Crippen MR) is 113 cm³/mol. The third-order valence-corrected chi connectivity index (χ3v) is 5.94. The molecule has 0 atom stereocenters. The average molecular weight is 483 g/mol. The Hall–Kier alpha value is -3.34. The summed E-state index contributed by atoms with van der Waals surface area (Å²) in [7, 11) is -3.42. The molecule has 0 saturated carbocycles. The van der Waals surface area contributed by atoms with E-state index in [0.29, 0.717) is 11.3 Å². The van der Waals surface area contributed by atoms with E-state index in [4.69, 9.17) is 14.6 Å². The molecular formula is C22H20F3NO6S. The lowest BCUT2D eigenvalue weighted by Gasteiger charge is -2.19. The summed E-state index contributed by atoms with van der Waals surface area (Å²) in [6, 6.07) is 7.96. The van der Waals surface area contributed by atoms with Crippen LogP contribution in [0.5, 0.6) is 11.5 Å². The molecule has 176 valence electrons. The van der Waals surface area contributed by atoms with E-state index >= 15 is 0 Å². The van der Waals surface area contributed by atoms with E-state index in [2.05, 4.69) is 4.98 Å². The molecule has 1 heterocycles. The summed E-state index contributed by atoms with van der Waals surface area (Å²) in [5.74, 6) is -2.68. The van der Waals surface area contributed by atoms with Crippen molar-refractivity contribution in [2.24, 2.45) is 0 Å². The fourth-order valence-electron chi connectivity index (χ4n) is 3.37. The van der Waals surface area contributed by atoms with Crippen molar-refractivity contribution in [3.8, 4) is 11.5 Å². The molecule has 0 fully saturated rings. The Morgan fingerprint density at radius 1 is 1.15 bits per heavy atom. The first-order valence-electron chi connectivity index (χ1n) is 9.73. The maximum Gasteiger partial charge on any atom is 0.387 e. The van der Waals surface area contributed by atoms with Gasteiger partial charge in [-0.15, -0.1) is 0 Å². The summed E-state index contributed by atoms with van der Waals surface area (Å²) in [5, 5.41) is 8.71. The van der Waals surface area contributed by atoms with Crippen LogP contribution in [-0.2, 0) is 27.5 Å². The van der Waals surface area contributed by atoms with Crippen molar-refractivity contribution in [1.82, 2.24) is 4.98 Å². The molecule has 0 aliphatic rings. The molecule has 0 spiro atoms. The Kier molecular flexibility index (Phi) is 7.11. The number of halogens is 3. The Bertz CT molecular complexity index is 1290. The van der Waals surface area contributed by atoms with Crippen molar-refractivity contribution in [2.45, 2.75) is 31.3 Å². The van der Waals surface area contributed by atoms with Gasteiger partial charge in [0.25, 0.3) is 0 Å². The van der Waals surface area contributed by atoms with Gasteiger partial charge in [-0.2, -0.15) is 8.78 Å². The molecule has 2 aromatic carbocycles. The number of aryl methyl sites for hydroxylation is 1. The molecule has 0 unspecified atom stereocenters. The topological polar surface area (TPSA) is 103 Å². The van der Waals surface area contributed by atoms with E-state index in [-0.39, 0.29) is 45.7 Å². The lowest BCUT2D eigenvalue weighted by molar-refractivity contribution is -0.139. The van der Waals surface area contributed by atoms with Crippen molar-refractivity contribution in [1.29, 1.82) is 0 Å². The number of hydrogen-bond donors (Lipinski definition) is 1. The van der Waals surface area contributed by atoms with Gasteiger partial charge in [-0.1, -0.05) is 19.1 Å². The Labute approximate surface area is 187 Å². The third kappa shape index (κ3) is 5.54. The number of aromatic nitrogens is 1. The van der Waals surface area contributed by atoms with Crippen LogP contribution < -0.4 is 9.47 Å². The normalized spacial score (nSPS) is 11.7. The van der Waals surface area contributed by atoms with E-state index < -0.39 is 34.8 Å². The number of ether oxygens (including phenoxy) is 2. The second-order valence-electron chi connectivity index (χ2n) is 7.14. The fraction of sp³-hybridized carbons (Fsp3) is 0.273. The second kappa shape index (κ2) is 9.65. The van der Waals surface area contributed by atoms with Gasteiger partial charge in [-0.05, 0) is 36.2 Å². The number of aliphatic carboxylic acids is 1. The van der Waals surface area contributed by atoms with E-state index in [1.54, 1.807) is 6.92 Å². The van der Waals surface area contributed by atoms with Crippen LogP contribution in [-0.4, -0.2) is 44.0 Å². The van der Waals surface area contributed by atoms with Crippen LogP contribution in [0.4, 0.5) is 13.2 Å². The quantitative estimate of drug-likeness (QED) is 0.491. The standard InChI is InChI=1S/C22H20F3NO6S/c1-3-16-14(10-12-4-6-13(7-5-12)33(2,29)30)21(32-22(24)25)19-17(31-11-18(27)28)9-8-15(23)20(19)26-16/h4-9,22H,3,10-11H2,1-2H3,(H,27,28). The molecular weight excluding hydrogens is 463 g/mol. The van der Waals surface area contributed by atoms with Crippen LogP contribution in [0, 0.1) is 5.82 Å². The Morgan fingerprint density at radius 2 is 1.82 bits per heavy atom. The van der Waals surface area contributed by atoms with Crippen LogP contribution >= 0.6 is 0 Å². The van der Waals surface area contributed by atoms with Crippen molar-refractivity contribution < 1.29 is 41.0 Å². The molecule has 3 rings (SSSR count). The van der Waals surface area contributed by atoms with Gasteiger partial charge in [0.05, 0.1) is 10.3 Å². The molecule has 0 bridgehead atoms. The van der Waals surface area contributed by atoms with E-state index in [0.717, 1.165) is 18.4 Å². The summed E-state index contributed by atoms with van der Waals surface area (Å²) in [6.45, 7) is -2.34. The van der Waals surface area contributed by atoms with Crippen molar-refractivity contribution in [2.75, 3.05) is 12.9 Å². The highest BCUT2D eigenvalue weighted by Gasteiger charge is 2.24. The van der Waals surface area contributed by atoms with Gasteiger partial charge in [-0.3, -0.25) is 0 Å². The van der Waals surface area contributed by atoms with Crippen LogP contribution in [0.3, 0.4) is 0 Å². The maximum absolute atomic E-state index is 14.6. The predicted octanol–water partition coefficient (Wildman–Crippen LogP) is 4.00. The minimum absolute atomic E-state index is 0.0209. The van der Waals surface area contributed by atoms with Crippen LogP contribution in [0.15, 0.2) is 41.3 Å². The first kappa shape index (κ1) is 24.3. The Morgan fingerprint density at radius 3 is 2.36 bits per heavy atom. The van der Waals surface area contributed by atoms with Gasteiger partial charge in [0, 0.05) is 23.9 Å². The number of carboxylic acids is 1. The number of fused-ring (bicyclic) bond motifs is 1. The van der Waals surface area contributed by atoms with Crippen molar-refractivity contribution in [3.05, 3.63) is 59.0 Å². The van der Waals surface area contributed by atoms with Gasteiger partial charge in [0.15, 0.2) is 16.4 Å². The monoisotopic (exact) mass is 483 g/mol. The molecule has 0 radical (unpaired) electrons. The molecule has 33 heavy (non-hydrogen) atoms. The number of alkyl halides is 2. The minimum Gasteiger partial charge on any atom is -0.481 e. The zero-order valence-corrected chi connectivity index (χ0v) is 18.5. The second-order valence-corrected chi connectivity index (χ2v) is 9.16. The van der Waals surface area contributed by atoms with E-state index in [1.165, 1.54) is 24.3 Å². The molecule has 1 N–H and O–H groups in total. The summed E-state index contributed by atoms with van der Waals surface area (Å²) in [6.07, 6.45) is 1.34.